The van der Waals surface area contributed by atoms with E-state index in [1.54, 1.807) is 7.05 Å². The van der Waals surface area contributed by atoms with Crippen LogP contribution in [-0.2, 0) is 24.4 Å². The largest absolute Gasteiger partial charge is 0.493 e. The molecule has 1 unspecified atom stereocenters. The lowest BCUT2D eigenvalue weighted by molar-refractivity contribution is -0.0212. The van der Waals surface area contributed by atoms with Crippen LogP contribution in [0.2, 0.25) is 0 Å². The monoisotopic (exact) mass is 564 g/mol. The van der Waals surface area contributed by atoms with Crippen molar-refractivity contribution in [1.82, 2.24) is 15.5 Å². The molecule has 0 aromatic heterocycles. The Morgan fingerprint density at radius 1 is 1.09 bits per heavy atom. The molecular weight excluding hydrogens is 527 g/mol. The maximum atomic E-state index is 6.03. The van der Waals surface area contributed by atoms with Crippen LogP contribution in [-0.4, -0.2) is 50.3 Å². The fourth-order valence-corrected chi connectivity index (χ4v) is 4.00. The predicted octanol–water partition coefficient (Wildman–Crippen LogP) is 4.18. The Balaban J connectivity index is 0.00000306. The van der Waals surface area contributed by atoms with Gasteiger partial charge in [-0.1, -0.05) is 42.5 Å². The van der Waals surface area contributed by atoms with Crippen LogP contribution >= 0.6 is 24.0 Å². The SMILES string of the molecule is CN=C(NCc1cccc(CN2CCOC(C)C2)c1)NCc1ccccc1OCC1CC1.I. The summed E-state index contributed by atoms with van der Waals surface area (Å²) in [5.74, 6) is 2.50. The second kappa shape index (κ2) is 13.2. The topological polar surface area (TPSA) is 58.1 Å². The van der Waals surface area contributed by atoms with Gasteiger partial charge in [-0.3, -0.25) is 9.89 Å². The summed E-state index contributed by atoms with van der Waals surface area (Å²) in [6.45, 7) is 8.14. The van der Waals surface area contributed by atoms with Gasteiger partial charge in [-0.15, -0.1) is 24.0 Å². The fraction of sp³-hybridized carbons (Fsp3) is 0.500. The molecule has 2 aliphatic rings. The third-order valence-corrected chi connectivity index (χ3v) is 6.00. The molecule has 2 fully saturated rings. The van der Waals surface area contributed by atoms with Crippen molar-refractivity contribution >= 4 is 29.9 Å². The highest BCUT2D eigenvalue weighted by Gasteiger charge is 2.22. The molecule has 1 aliphatic carbocycles. The van der Waals surface area contributed by atoms with Gasteiger partial charge in [0.2, 0.25) is 0 Å². The van der Waals surface area contributed by atoms with Gasteiger partial charge in [0, 0.05) is 45.3 Å². The number of hydrogen-bond donors (Lipinski definition) is 2. The molecule has 0 bridgehead atoms. The van der Waals surface area contributed by atoms with Gasteiger partial charge in [0.1, 0.15) is 5.75 Å². The van der Waals surface area contributed by atoms with E-state index in [1.165, 1.54) is 24.0 Å². The molecule has 0 radical (unpaired) electrons. The normalized spacial score (nSPS) is 19.0. The number of ether oxygens (including phenoxy) is 2. The summed E-state index contributed by atoms with van der Waals surface area (Å²) in [7, 11) is 1.81. The van der Waals surface area contributed by atoms with Gasteiger partial charge in [0.15, 0.2) is 5.96 Å². The van der Waals surface area contributed by atoms with Crippen molar-refractivity contribution in [3.8, 4) is 5.75 Å². The average molecular weight is 565 g/mol. The molecule has 1 heterocycles. The first kappa shape index (κ1) is 25.8. The first-order chi connectivity index (χ1) is 15.7. The predicted molar refractivity (Wildman–Crippen MR) is 144 cm³/mol. The van der Waals surface area contributed by atoms with Gasteiger partial charge in [0.05, 0.1) is 19.3 Å². The minimum absolute atomic E-state index is 0. The maximum absolute atomic E-state index is 6.03. The standard InChI is InChI=1S/C26H36N4O2.HI/c1-20-17-30(12-13-31-20)18-23-7-5-6-22(14-23)15-28-26(27-2)29-16-24-8-3-4-9-25(24)32-19-21-10-11-21;/h3-9,14,20-21H,10-13,15-19H2,1-2H3,(H2,27,28,29);1H. The van der Waals surface area contributed by atoms with Crippen LogP contribution in [0.25, 0.3) is 0 Å². The zero-order valence-corrected chi connectivity index (χ0v) is 22.1. The Kier molecular flexibility index (Phi) is 10.3. The highest BCUT2D eigenvalue weighted by Crippen LogP contribution is 2.30. The molecule has 7 heteroatoms. The van der Waals surface area contributed by atoms with E-state index in [9.17, 15) is 0 Å². The molecule has 6 nitrogen and oxygen atoms in total. The van der Waals surface area contributed by atoms with Gasteiger partial charge in [-0.05, 0) is 42.9 Å². The van der Waals surface area contributed by atoms with Crippen molar-refractivity contribution in [3.05, 3.63) is 65.2 Å². The number of guanidine groups is 1. The third-order valence-electron chi connectivity index (χ3n) is 6.00. The maximum Gasteiger partial charge on any atom is 0.191 e. The van der Waals surface area contributed by atoms with E-state index in [0.29, 0.717) is 12.6 Å². The number of hydrogen-bond acceptors (Lipinski definition) is 4. The van der Waals surface area contributed by atoms with Gasteiger partial charge in [-0.2, -0.15) is 0 Å². The summed E-state index contributed by atoms with van der Waals surface area (Å²) >= 11 is 0. The van der Waals surface area contributed by atoms with Crippen molar-refractivity contribution in [2.24, 2.45) is 10.9 Å². The van der Waals surface area contributed by atoms with Crippen LogP contribution in [0.3, 0.4) is 0 Å². The van der Waals surface area contributed by atoms with E-state index in [0.717, 1.165) is 62.6 Å². The van der Waals surface area contributed by atoms with Crippen LogP contribution in [0.15, 0.2) is 53.5 Å². The second-order valence-electron chi connectivity index (χ2n) is 8.88. The van der Waals surface area contributed by atoms with E-state index >= 15 is 0 Å². The first-order valence-corrected chi connectivity index (χ1v) is 11.8. The summed E-state index contributed by atoms with van der Waals surface area (Å²) in [4.78, 5) is 6.85. The molecule has 1 saturated carbocycles. The minimum atomic E-state index is 0. The molecule has 180 valence electrons. The lowest BCUT2D eigenvalue weighted by atomic mass is 10.1. The van der Waals surface area contributed by atoms with Gasteiger partial charge >= 0.3 is 0 Å². The smallest absolute Gasteiger partial charge is 0.191 e. The first-order valence-electron chi connectivity index (χ1n) is 11.8. The van der Waals surface area contributed by atoms with E-state index in [2.05, 4.69) is 69.9 Å². The summed E-state index contributed by atoms with van der Waals surface area (Å²) in [6.07, 6.45) is 2.90. The molecule has 1 aliphatic heterocycles. The van der Waals surface area contributed by atoms with Crippen molar-refractivity contribution < 1.29 is 9.47 Å². The van der Waals surface area contributed by atoms with Gasteiger partial charge in [-0.25, -0.2) is 0 Å². The van der Waals surface area contributed by atoms with Crippen molar-refractivity contribution in [2.45, 2.75) is 45.5 Å². The minimum Gasteiger partial charge on any atom is -0.493 e. The zero-order chi connectivity index (χ0) is 22.2. The number of nitrogens with zero attached hydrogens (tertiary/aromatic N) is 2. The van der Waals surface area contributed by atoms with Crippen molar-refractivity contribution in [3.63, 3.8) is 0 Å². The number of aliphatic imine (C=N–C) groups is 1. The van der Waals surface area contributed by atoms with E-state index < -0.39 is 0 Å². The second-order valence-corrected chi connectivity index (χ2v) is 8.88. The summed E-state index contributed by atoms with van der Waals surface area (Å²) < 4.78 is 11.7. The van der Waals surface area contributed by atoms with Crippen LogP contribution in [0.5, 0.6) is 5.75 Å². The molecule has 2 aromatic carbocycles. The summed E-state index contributed by atoms with van der Waals surface area (Å²) in [5.41, 5.74) is 3.74. The Hall–Kier alpha value is -1.84. The Bertz CT molecular complexity index is 903. The van der Waals surface area contributed by atoms with E-state index in [-0.39, 0.29) is 24.0 Å². The van der Waals surface area contributed by atoms with Crippen LogP contribution in [0.1, 0.15) is 36.5 Å². The number of benzene rings is 2. The number of halogens is 1. The Labute approximate surface area is 215 Å². The highest BCUT2D eigenvalue weighted by molar-refractivity contribution is 14.0. The van der Waals surface area contributed by atoms with Crippen LogP contribution in [0.4, 0.5) is 0 Å². The van der Waals surface area contributed by atoms with E-state index in [1.807, 2.05) is 6.07 Å². The Morgan fingerprint density at radius 3 is 2.67 bits per heavy atom. The van der Waals surface area contributed by atoms with Crippen LogP contribution < -0.4 is 15.4 Å². The van der Waals surface area contributed by atoms with Gasteiger partial charge < -0.3 is 20.1 Å². The molecule has 1 saturated heterocycles. The number of para-hydroxylation sites is 1. The fourth-order valence-electron chi connectivity index (χ4n) is 4.00. The molecular formula is C26H37IN4O2. The molecule has 4 rings (SSSR count). The number of morpholine rings is 1. The van der Waals surface area contributed by atoms with Crippen molar-refractivity contribution in [2.75, 3.05) is 33.4 Å². The molecule has 0 spiro atoms. The average Bonchev–Trinajstić information content (AvgIpc) is 3.63. The highest BCUT2D eigenvalue weighted by atomic mass is 127. The molecule has 33 heavy (non-hydrogen) atoms. The molecule has 2 N–H and O–H groups in total. The number of nitrogens with one attached hydrogen (secondary N) is 2. The zero-order valence-electron chi connectivity index (χ0n) is 19.8. The Morgan fingerprint density at radius 2 is 1.88 bits per heavy atom. The molecule has 2 aromatic rings. The molecule has 1 atom stereocenters. The lowest BCUT2D eigenvalue weighted by Gasteiger charge is -2.31. The molecule has 0 amide bonds. The lowest BCUT2D eigenvalue weighted by Crippen LogP contribution is -2.40. The quantitative estimate of drug-likeness (QED) is 0.272. The third kappa shape index (κ3) is 8.46. The summed E-state index contributed by atoms with van der Waals surface area (Å²) in [6, 6.07) is 17.0. The summed E-state index contributed by atoms with van der Waals surface area (Å²) in [5, 5.41) is 6.86. The van der Waals surface area contributed by atoms with E-state index in [4.69, 9.17) is 9.47 Å². The van der Waals surface area contributed by atoms with Gasteiger partial charge in [0.25, 0.3) is 0 Å². The van der Waals surface area contributed by atoms with Crippen LogP contribution in [0, 0.1) is 5.92 Å². The number of rotatable bonds is 9. The van der Waals surface area contributed by atoms with Crippen molar-refractivity contribution in [1.29, 1.82) is 0 Å².